The van der Waals surface area contributed by atoms with Crippen LogP contribution in [0.4, 0.5) is 0 Å². The first-order chi connectivity index (χ1) is 9.24. The highest BCUT2D eigenvalue weighted by Gasteiger charge is 2.38. The van der Waals surface area contributed by atoms with E-state index in [0.717, 1.165) is 12.8 Å². The van der Waals surface area contributed by atoms with Gasteiger partial charge in [0.05, 0.1) is 12.7 Å². The summed E-state index contributed by atoms with van der Waals surface area (Å²) in [5, 5.41) is 0. The zero-order valence-corrected chi connectivity index (χ0v) is 11.4. The van der Waals surface area contributed by atoms with E-state index in [-0.39, 0.29) is 24.3 Å². The predicted octanol–water partition coefficient (Wildman–Crippen LogP) is 2.15. The monoisotopic (exact) mass is 263 g/mol. The molecule has 2 rings (SSSR count). The molecule has 1 atom stereocenters. The first-order valence-corrected chi connectivity index (χ1v) is 7.05. The summed E-state index contributed by atoms with van der Waals surface area (Å²) < 4.78 is 1.72. The number of imide groups is 1. The number of carbonyl (C=O) groups is 2. The highest BCUT2D eigenvalue weighted by Crippen LogP contribution is 2.24. The topological polar surface area (TPSA) is 55.2 Å². The second-order valence-corrected chi connectivity index (χ2v) is 5.03. The summed E-state index contributed by atoms with van der Waals surface area (Å²) in [4.78, 5) is 29.4. The molecule has 0 aromatic carbocycles. The second-order valence-electron chi connectivity index (χ2n) is 5.03. The lowest BCUT2D eigenvalue weighted by Crippen LogP contribution is -2.32. The molecule has 0 N–H and O–H groups in total. The van der Waals surface area contributed by atoms with Gasteiger partial charge in [-0.3, -0.25) is 14.5 Å². The summed E-state index contributed by atoms with van der Waals surface area (Å²) >= 11 is 0. The van der Waals surface area contributed by atoms with Crippen LogP contribution in [0.3, 0.4) is 0 Å². The van der Waals surface area contributed by atoms with Crippen molar-refractivity contribution in [2.75, 3.05) is 6.54 Å². The largest absolute Gasteiger partial charge is 0.324 e. The van der Waals surface area contributed by atoms with E-state index >= 15 is 0 Å². The number of amides is 2. The van der Waals surface area contributed by atoms with Crippen molar-refractivity contribution < 1.29 is 9.59 Å². The number of hydrogen-bond donors (Lipinski definition) is 0. The van der Waals surface area contributed by atoms with Gasteiger partial charge in [-0.05, 0) is 6.42 Å². The first kappa shape index (κ1) is 13.8. The third kappa shape index (κ3) is 3.22. The third-order valence-corrected chi connectivity index (χ3v) is 3.59. The molecule has 19 heavy (non-hydrogen) atoms. The minimum atomic E-state index is -0.384. The Kier molecular flexibility index (Phi) is 4.71. The number of unbranched alkanes of at least 4 members (excludes halogenated alkanes) is 4. The van der Waals surface area contributed by atoms with Crippen LogP contribution in [0.2, 0.25) is 0 Å². The van der Waals surface area contributed by atoms with E-state index in [9.17, 15) is 9.59 Å². The van der Waals surface area contributed by atoms with E-state index in [1.54, 1.807) is 23.3 Å². The predicted molar refractivity (Wildman–Crippen MR) is 71.4 cm³/mol. The van der Waals surface area contributed by atoms with E-state index in [1.807, 2.05) is 0 Å². The number of nitrogens with zero attached hydrogens (tertiary/aromatic N) is 3. The molecule has 1 aliphatic rings. The van der Waals surface area contributed by atoms with Crippen molar-refractivity contribution in [2.45, 2.75) is 51.5 Å². The third-order valence-electron chi connectivity index (χ3n) is 3.59. The number of imidazole rings is 1. The molecule has 1 unspecified atom stereocenters. The molecular weight excluding hydrogens is 242 g/mol. The molecule has 0 saturated carbocycles. The summed E-state index contributed by atoms with van der Waals surface area (Å²) in [6.07, 6.45) is 10.8. The minimum absolute atomic E-state index is 0.0563. The summed E-state index contributed by atoms with van der Waals surface area (Å²) in [5.41, 5.74) is 0. The molecule has 1 aromatic heterocycles. The molecule has 0 radical (unpaired) electrons. The van der Waals surface area contributed by atoms with Gasteiger partial charge in [0.2, 0.25) is 5.91 Å². The Morgan fingerprint density at radius 2 is 2.05 bits per heavy atom. The zero-order valence-electron chi connectivity index (χ0n) is 11.4. The van der Waals surface area contributed by atoms with Gasteiger partial charge in [0.25, 0.3) is 5.91 Å². The van der Waals surface area contributed by atoms with Crippen LogP contribution >= 0.6 is 0 Å². The van der Waals surface area contributed by atoms with Crippen molar-refractivity contribution in [1.82, 2.24) is 14.5 Å². The van der Waals surface area contributed by atoms with Crippen LogP contribution in [0.1, 0.15) is 51.5 Å². The van der Waals surface area contributed by atoms with Crippen LogP contribution in [0, 0.1) is 0 Å². The standard InChI is InChI=1S/C14H21N3O2/c1-2-3-4-5-6-8-17-13(18)10-12(14(17)19)16-9-7-15-11-16/h7,9,11-12H,2-6,8,10H2,1H3. The molecule has 0 bridgehead atoms. The number of rotatable bonds is 7. The van der Waals surface area contributed by atoms with Gasteiger partial charge in [0.15, 0.2) is 0 Å². The maximum atomic E-state index is 12.2. The lowest BCUT2D eigenvalue weighted by atomic mass is 10.1. The Bertz CT molecular complexity index is 428. The van der Waals surface area contributed by atoms with Crippen LogP contribution in [0.5, 0.6) is 0 Å². The fourth-order valence-corrected chi connectivity index (χ4v) is 2.46. The Hall–Kier alpha value is -1.65. The van der Waals surface area contributed by atoms with Crippen molar-refractivity contribution in [2.24, 2.45) is 0 Å². The van der Waals surface area contributed by atoms with Gasteiger partial charge in [0, 0.05) is 18.9 Å². The normalized spacial score (nSPS) is 19.4. The van der Waals surface area contributed by atoms with Crippen molar-refractivity contribution in [3.05, 3.63) is 18.7 Å². The van der Waals surface area contributed by atoms with Gasteiger partial charge in [-0.15, -0.1) is 0 Å². The molecular formula is C14H21N3O2. The van der Waals surface area contributed by atoms with Gasteiger partial charge in [-0.1, -0.05) is 32.6 Å². The van der Waals surface area contributed by atoms with Gasteiger partial charge < -0.3 is 4.57 Å². The first-order valence-electron chi connectivity index (χ1n) is 7.05. The van der Waals surface area contributed by atoms with Crippen molar-refractivity contribution >= 4 is 11.8 Å². The molecule has 1 fully saturated rings. The molecule has 2 amide bonds. The van der Waals surface area contributed by atoms with Crippen molar-refractivity contribution in [3.63, 3.8) is 0 Å². The van der Waals surface area contributed by atoms with Gasteiger partial charge in [-0.25, -0.2) is 4.98 Å². The van der Waals surface area contributed by atoms with Crippen LogP contribution < -0.4 is 0 Å². The smallest absolute Gasteiger partial charge is 0.252 e. The Morgan fingerprint density at radius 1 is 1.26 bits per heavy atom. The Labute approximate surface area is 113 Å². The summed E-state index contributed by atoms with van der Waals surface area (Å²) in [6.45, 7) is 2.73. The molecule has 1 saturated heterocycles. The number of carbonyl (C=O) groups excluding carboxylic acids is 2. The van der Waals surface area contributed by atoms with E-state index in [1.165, 1.54) is 24.2 Å². The van der Waals surface area contributed by atoms with E-state index in [2.05, 4.69) is 11.9 Å². The van der Waals surface area contributed by atoms with Crippen LogP contribution in [-0.4, -0.2) is 32.8 Å². The molecule has 1 aromatic rings. The van der Waals surface area contributed by atoms with Crippen LogP contribution in [-0.2, 0) is 9.59 Å². The van der Waals surface area contributed by atoms with Gasteiger partial charge in [-0.2, -0.15) is 0 Å². The number of aromatic nitrogens is 2. The summed E-state index contributed by atoms with van der Waals surface area (Å²) in [6, 6.07) is -0.384. The molecule has 0 spiro atoms. The molecule has 2 heterocycles. The summed E-state index contributed by atoms with van der Waals surface area (Å²) in [7, 11) is 0. The van der Waals surface area contributed by atoms with Crippen LogP contribution in [0.15, 0.2) is 18.7 Å². The number of likely N-dealkylation sites (tertiary alicyclic amines) is 1. The fourth-order valence-electron chi connectivity index (χ4n) is 2.46. The highest BCUT2D eigenvalue weighted by atomic mass is 16.2. The Balaban J connectivity index is 1.85. The lowest BCUT2D eigenvalue weighted by Gasteiger charge is -2.15. The van der Waals surface area contributed by atoms with Crippen molar-refractivity contribution in [3.8, 4) is 0 Å². The average Bonchev–Trinajstić information content (AvgIpc) is 3.00. The second kappa shape index (κ2) is 6.50. The molecule has 5 nitrogen and oxygen atoms in total. The molecule has 104 valence electrons. The van der Waals surface area contributed by atoms with E-state index in [0.29, 0.717) is 6.54 Å². The van der Waals surface area contributed by atoms with Gasteiger partial charge in [0.1, 0.15) is 6.04 Å². The highest BCUT2D eigenvalue weighted by molar-refractivity contribution is 6.04. The van der Waals surface area contributed by atoms with E-state index < -0.39 is 0 Å². The maximum Gasteiger partial charge on any atom is 0.252 e. The molecule has 0 aliphatic carbocycles. The fraction of sp³-hybridized carbons (Fsp3) is 0.643. The van der Waals surface area contributed by atoms with Gasteiger partial charge >= 0.3 is 0 Å². The lowest BCUT2D eigenvalue weighted by molar-refractivity contribution is -0.139. The average molecular weight is 263 g/mol. The maximum absolute atomic E-state index is 12.2. The summed E-state index contributed by atoms with van der Waals surface area (Å²) in [5.74, 6) is -0.141. The quantitative estimate of drug-likeness (QED) is 0.559. The minimum Gasteiger partial charge on any atom is -0.324 e. The molecule has 5 heteroatoms. The Morgan fingerprint density at radius 3 is 2.74 bits per heavy atom. The van der Waals surface area contributed by atoms with Crippen molar-refractivity contribution in [1.29, 1.82) is 0 Å². The zero-order chi connectivity index (χ0) is 13.7. The SMILES string of the molecule is CCCCCCCN1C(=O)CC(n2ccnc2)C1=O. The van der Waals surface area contributed by atoms with E-state index in [4.69, 9.17) is 0 Å². The van der Waals surface area contributed by atoms with Crippen LogP contribution in [0.25, 0.3) is 0 Å². The molecule has 1 aliphatic heterocycles. The number of hydrogen-bond acceptors (Lipinski definition) is 3.